The topological polar surface area (TPSA) is 72.5 Å². The van der Waals surface area contributed by atoms with Gasteiger partial charge in [-0.1, -0.05) is 6.42 Å². The summed E-state index contributed by atoms with van der Waals surface area (Å²) in [5.74, 6) is 2.01. The highest BCUT2D eigenvalue weighted by atomic mass is 127. The normalized spacial score (nSPS) is 18.8. The fraction of sp³-hybridized carbons (Fsp3) is 0.625. The van der Waals surface area contributed by atoms with Crippen LogP contribution in [0.25, 0.3) is 0 Å². The van der Waals surface area contributed by atoms with Gasteiger partial charge in [0.1, 0.15) is 6.10 Å². The molecule has 5 nitrogen and oxygen atoms in total. The minimum atomic E-state index is 0. The van der Waals surface area contributed by atoms with Crippen molar-refractivity contribution in [2.75, 3.05) is 6.54 Å². The van der Waals surface area contributed by atoms with Crippen LogP contribution in [0, 0.1) is 5.92 Å². The van der Waals surface area contributed by atoms with Gasteiger partial charge in [-0.2, -0.15) is 0 Å². The van der Waals surface area contributed by atoms with Crippen molar-refractivity contribution in [3.8, 4) is 5.88 Å². The first-order valence-electron chi connectivity index (χ1n) is 7.95. The van der Waals surface area contributed by atoms with Crippen molar-refractivity contribution in [2.45, 2.75) is 51.2 Å². The Hall–Kier alpha value is -1.05. The summed E-state index contributed by atoms with van der Waals surface area (Å²) in [5.41, 5.74) is 6.97. The minimum absolute atomic E-state index is 0. The average molecular weight is 416 g/mol. The molecule has 122 valence electrons. The lowest BCUT2D eigenvalue weighted by atomic mass is 9.85. The lowest BCUT2D eigenvalue weighted by Crippen LogP contribution is -2.37. The van der Waals surface area contributed by atoms with Gasteiger partial charge in [0.05, 0.1) is 6.54 Å². The maximum absolute atomic E-state index is 5.89. The lowest BCUT2D eigenvalue weighted by Gasteiger charge is -2.25. The molecule has 0 atom stereocenters. The number of aliphatic imine (C=N–C) groups is 1. The second-order valence-electron chi connectivity index (χ2n) is 6.05. The fourth-order valence-corrected chi connectivity index (χ4v) is 2.45. The van der Waals surface area contributed by atoms with Crippen molar-refractivity contribution in [1.82, 2.24) is 10.3 Å². The summed E-state index contributed by atoms with van der Waals surface area (Å²) in [6, 6.07) is 3.91. The lowest BCUT2D eigenvalue weighted by molar-refractivity contribution is 0.114. The van der Waals surface area contributed by atoms with Crippen LogP contribution in [-0.2, 0) is 6.54 Å². The van der Waals surface area contributed by atoms with Gasteiger partial charge in [0.2, 0.25) is 5.88 Å². The third-order valence-electron chi connectivity index (χ3n) is 4.37. The van der Waals surface area contributed by atoms with Gasteiger partial charge in [-0.25, -0.2) is 9.98 Å². The zero-order chi connectivity index (χ0) is 14.5. The van der Waals surface area contributed by atoms with Crippen molar-refractivity contribution in [1.29, 1.82) is 0 Å². The van der Waals surface area contributed by atoms with Crippen LogP contribution in [-0.4, -0.2) is 23.6 Å². The number of rotatable bonds is 6. The fourth-order valence-electron chi connectivity index (χ4n) is 2.45. The van der Waals surface area contributed by atoms with Gasteiger partial charge in [-0.15, -0.1) is 24.0 Å². The Morgan fingerprint density at radius 3 is 2.73 bits per heavy atom. The van der Waals surface area contributed by atoms with Crippen LogP contribution in [0.15, 0.2) is 23.3 Å². The molecule has 0 aliphatic heterocycles. The van der Waals surface area contributed by atoms with Crippen LogP contribution in [0.5, 0.6) is 5.88 Å². The van der Waals surface area contributed by atoms with Crippen molar-refractivity contribution in [2.24, 2.45) is 16.6 Å². The summed E-state index contributed by atoms with van der Waals surface area (Å²) in [6.07, 6.45) is 9.65. The molecule has 3 rings (SSSR count). The summed E-state index contributed by atoms with van der Waals surface area (Å²) in [5, 5.41) is 3.20. The molecule has 0 spiro atoms. The van der Waals surface area contributed by atoms with Crippen LogP contribution in [0.2, 0.25) is 0 Å². The van der Waals surface area contributed by atoms with Gasteiger partial charge >= 0.3 is 0 Å². The largest absolute Gasteiger partial charge is 0.474 e. The van der Waals surface area contributed by atoms with Crippen molar-refractivity contribution in [3.63, 3.8) is 0 Å². The van der Waals surface area contributed by atoms with Crippen LogP contribution >= 0.6 is 24.0 Å². The van der Waals surface area contributed by atoms with Crippen molar-refractivity contribution < 1.29 is 4.74 Å². The minimum Gasteiger partial charge on any atom is -0.474 e. The maximum Gasteiger partial charge on any atom is 0.213 e. The molecule has 1 aromatic heterocycles. The van der Waals surface area contributed by atoms with Crippen molar-refractivity contribution in [3.05, 3.63) is 23.9 Å². The molecular formula is C16H25IN4O. The first-order valence-corrected chi connectivity index (χ1v) is 7.95. The summed E-state index contributed by atoms with van der Waals surface area (Å²) < 4.78 is 5.79. The van der Waals surface area contributed by atoms with Crippen molar-refractivity contribution >= 4 is 29.9 Å². The molecule has 1 aromatic rings. The second-order valence-corrected chi connectivity index (χ2v) is 6.05. The number of pyridine rings is 1. The molecular weight excluding hydrogens is 391 g/mol. The molecule has 0 unspecified atom stereocenters. The van der Waals surface area contributed by atoms with E-state index in [1.165, 1.54) is 25.7 Å². The van der Waals surface area contributed by atoms with Gasteiger partial charge in [0.25, 0.3) is 0 Å². The Kier molecular flexibility index (Phi) is 6.72. The van der Waals surface area contributed by atoms with E-state index >= 15 is 0 Å². The molecule has 1 heterocycles. The van der Waals surface area contributed by atoms with E-state index in [1.807, 2.05) is 12.1 Å². The summed E-state index contributed by atoms with van der Waals surface area (Å²) in [7, 11) is 0. The highest BCUT2D eigenvalue weighted by Gasteiger charge is 2.19. The van der Waals surface area contributed by atoms with Crippen LogP contribution in [0.4, 0.5) is 0 Å². The number of nitrogens with two attached hydrogens (primary N) is 1. The third-order valence-corrected chi connectivity index (χ3v) is 4.37. The molecule has 0 bridgehead atoms. The number of aromatic nitrogens is 1. The van der Waals surface area contributed by atoms with E-state index in [1.54, 1.807) is 6.20 Å². The van der Waals surface area contributed by atoms with Crippen LogP contribution < -0.4 is 15.8 Å². The zero-order valence-corrected chi connectivity index (χ0v) is 15.2. The van der Waals surface area contributed by atoms with E-state index in [0.29, 0.717) is 24.5 Å². The Labute approximate surface area is 149 Å². The number of ether oxygens (including phenoxy) is 1. The van der Waals surface area contributed by atoms with E-state index in [2.05, 4.69) is 15.3 Å². The Bertz CT molecular complexity index is 501. The highest BCUT2D eigenvalue weighted by molar-refractivity contribution is 14.0. The molecule has 0 radical (unpaired) electrons. The molecule has 3 N–H and O–H groups in total. The number of hydrogen-bond acceptors (Lipinski definition) is 3. The molecule has 0 aromatic carbocycles. The monoisotopic (exact) mass is 416 g/mol. The quantitative estimate of drug-likeness (QED) is 0.425. The SMILES string of the molecule is I.NC(=NCc1ccnc(OC2CCC2)c1)NCC1CCC1. The number of guanidine groups is 1. The first kappa shape index (κ1) is 17.3. The van der Waals surface area contributed by atoms with Gasteiger partial charge in [-0.3, -0.25) is 0 Å². The van der Waals surface area contributed by atoms with E-state index in [4.69, 9.17) is 10.5 Å². The van der Waals surface area contributed by atoms with Gasteiger partial charge in [0.15, 0.2) is 5.96 Å². The number of hydrogen-bond donors (Lipinski definition) is 2. The number of nitrogens with one attached hydrogen (secondary N) is 1. The predicted octanol–water partition coefficient (Wildman–Crippen LogP) is 2.84. The average Bonchev–Trinajstić information content (AvgIpc) is 2.39. The molecule has 22 heavy (non-hydrogen) atoms. The molecule has 2 aliphatic carbocycles. The second kappa shape index (κ2) is 8.55. The van der Waals surface area contributed by atoms with E-state index in [9.17, 15) is 0 Å². The van der Waals surface area contributed by atoms with Gasteiger partial charge < -0.3 is 15.8 Å². The Balaban J connectivity index is 0.00000176. The standard InChI is InChI=1S/C16H24N4O.HI/c17-16(19-10-12-3-1-4-12)20-11-13-7-8-18-15(9-13)21-14-5-2-6-14;/h7-9,12,14H,1-6,10-11H2,(H3,17,19,20);1H. The third kappa shape index (κ3) is 5.00. The zero-order valence-electron chi connectivity index (χ0n) is 12.8. The Morgan fingerprint density at radius 1 is 1.32 bits per heavy atom. The molecule has 2 saturated carbocycles. The molecule has 2 aliphatic rings. The number of halogens is 1. The maximum atomic E-state index is 5.89. The molecule has 6 heteroatoms. The summed E-state index contributed by atoms with van der Waals surface area (Å²) >= 11 is 0. The molecule has 0 amide bonds. The first-order chi connectivity index (χ1) is 10.3. The smallest absolute Gasteiger partial charge is 0.213 e. The summed E-state index contributed by atoms with van der Waals surface area (Å²) in [4.78, 5) is 8.63. The molecule has 2 fully saturated rings. The summed E-state index contributed by atoms with van der Waals surface area (Å²) in [6.45, 7) is 1.51. The van der Waals surface area contributed by atoms with E-state index in [-0.39, 0.29) is 24.0 Å². The van der Waals surface area contributed by atoms with E-state index < -0.39 is 0 Å². The predicted molar refractivity (Wildman–Crippen MR) is 98.6 cm³/mol. The van der Waals surface area contributed by atoms with Crippen LogP contribution in [0.3, 0.4) is 0 Å². The van der Waals surface area contributed by atoms with Crippen LogP contribution in [0.1, 0.15) is 44.1 Å². The Morgan fingerprint density at radius 2 is 2.09 bits per heavy atom. The van der Waals surface area contributed by atoms with Gasteiger partial charge in [0, 0.05) is 18.8 Å². The molecule has 0 saturated heterocycles. The number of nitrogens with zero attached hydrogens (tertiary/aromatic N) is 2. The highest BCUT2D eigenvalue weighted by Crippen LogP contribution is 2.25. The van der Waals surface area contributed by atoms with E-state index in [0.717, 1.165) is 30.9 Å². The van der Waals surface area contributed by atoms with Gasteiger partial charge in [-0.05, 0) is 49.7 Å².